The first kappa shape index (κ1) is 14.4. The highest BCUT2D eigenvalue weighted by Gasteiger charge is 2.32. The fourth-order valence-corrected chi connectivity index (χ4v) is 3.21. The number of nitrogens with one attached hydrogen (secondary N) is 2. The molecule has 0 saturated carbocycles. The van der Waals surface area contributed by atoms with Crippen molar-refractivity contribution in [3.05, 3.63) is 52.4 Å². The fourth-order valence-electron chi connectivity index (χ4n) is 2.62. The molecule has 21 heavy (non-hydrogen) atoms. The average Bonchev–Trinajstić information content (AvgIpc) is 3.06. The van der Waals surface area contributed by atoms with Crippen LogP contribution in [0.25, 0.3) is 0 Å². The zero-order valence-corrected chi connectivity index (χ0v) is 13.3. The van der Waals surface area contributed by atoms with E-state index in [9.17, 15) is 4.79 Å². The number of benzene rings is 1. The number of furan rings is 1. The summed E-state index contributed by atoms with van der Waals surface area (Å²) in [4.78, 5) is 12.1. The highest BCUT2D eigenvalue weighted by Crippen LogP contribution is 2.36. The first-order valence-corrected chi connectivity index (χ1v) is 7.82. The van der Waals surface area contributed by atoms with Gasteiger partial charge in [-0.1, -0.05) is 22.0 Å². The number of carbonyl (C=O) groups excluding carboxylic acids is 1. The normalized spacial score (nSPS) is 18.4. The first-order chi connectivity index (χ1) is 10.1. The van der Waals surface area contributed by atoms with Crippen molar-refractivity contribution in [3.8, 4) is 0 Å². The Kier molecular flexibility index (Phi) is 4.12. The first-order valence-electron chi connectivity index (χ1n) is 7.03. The molecule has 0 radical (unpaired) electrons. The van der Waals surface area contributed by atoms with Crippen molar-refractivity contribution in [3.63, 3.8) is 0 Å². The summed E-state index contributed by atoms with van der Waals surface area (Å²) in [6.07, 6.45) is 3.46. The van der Waals surface area contributed by atoms with Crippen LogP contribution in [0.3, 0.4) is 0 Å². The van der Waals surface area contributed by atoms with Gasteiger partial charge in [-0.25, -0.2) is 0 Å². The highest BCUT2D eigenvalue weighted by molar-refractivity contribution is 9.10. The topological polar surface area (TPSA) is 54.3 Å². The van der Waals surface area contributed by atoms with Gasteiger partial charge in [0.2, 0.25) is 5.91 Å². The van der Waals surface area contributed by atoms with Crippen LogP contribution in [0.4, 0.5) is 5.69 Å². The second-order valence-electron chi connectivity index (χ2n) is 5.31. The number of fused-ring (bicyclic) bond motifs is 1. The summed E-state index contributed by atoms with van der Waals surface area (Å²) < 4.78 is 6.29. The standard InChI is InChI=1S/C16H17BrN2O2/c1-10(7-8-11-4-3-9-21-11)18-15-14-12(17)5-2-6-13(14)19-16(15)20/h2-6,9-10,15,18H,7-8H2,1H3,(H,19,20). The lowest BCUT2D eigenvalue weighted by Crippen LogP contribution is -2.35. The van der Waals surface area contributed by atoms with Crippen molar-refractivity contribution in [1.29, 1.82) is 0 Å². The second-order valence-corrected chi connectivity index (χ2v) is 6.16. The summed E-state index contributed by atoms with van der Waals surface area (Å²) in [6.45, 7) is 2.09. The number of halogens is 1. The van der Waals surface area contributed by atoms with Crippen molar-refractivity contribution in [1.82, 2.24) is 5.32 Å². The molecule has 2 unspecified atom stereocenters. The van der Waals surface area contributed by atoms with Crippen molar-refractivity contribution in [2.45, 2.75) is 31.8 Å². The minimum Gasteiger partial charge on any atom is -0.469 e. The molecule has 1 aliphatic rings. The van der Waals surface area contributed by atoms with Gasteiger partial charge in [0, 0.05) is 28.2 Å². The minimum absolute atomic E-state index is 0.00162. The Morgan fingerprint density at radius 2 is 2.24 bits per heavy atom. The summed E-state index contributed by atoms with van der Waals surface area (Å²) in [5, 5.41) is 6.32. The predicted molar refractivity (Wildman–Crippen MR) is 85.1 cm³/mol. The Balaban J connectivity index is 1.66. The number of amides is 1. The Morgan fingerprint density at radius 1 is 1.38 bits per heavy atom. The largest absolute Gasteiger partial charge is 0.469 e. The van der Waals surface area contributed by atoms with Gasteiger partial charge in [-0.3, -0.25) is 10.1 Å². The molecule has 2 heterocycles. The fraction of sp³-hybridized carbons (Fsp3) is 0.312. The maximum atomic E-state index is 12.1. The summed E-state index contributed by atoms with van der Waals surface area (Å²) in [5.74, 6) is 0.975. The third kappa shape index (κ3) is 3.04. The molecule has 1 aliphatic heterocycles. The molecule has 1 amide bonds. The van der Waals surface area contributed by atoms with Crippen molar-refractivity contribution >= 4 is 27.5 Å². The Labute approximate surface area is 132 Å². The van der Waals surface area contributed by atoms with Crippen LogP contribution in [-0.4, -0.2) is 11.9 Å². The quantitative estimate of drug-likeness (QED) is 0.867. The number of rotatable bonds is 5. The van der Waals surface area contributed by atoms with Gasteiger partial charge in [0.15, 0.2) is 0 Å². The van der Waals surface area contributed by atoms with Gasteiger partial charge in [-0.15, -0.1) is 0 Å². The van der Waals surface area contributed by atoms with E-state index in [1.807, 2.05) is 30.3 Å². The molecule has 0 saturated heterocycles. The smallest absolute Gasteiger partial charge is 0.246 e. The van der Waals surface area contributed by atoms with Crippen LogP contribution >= 0.6 is 15.9 Å². The highest BCUT2D eigenvalue weighted by atomic mass is 79.9. The van der Waals surface area contributed by atoms with Crippen molar-refractivity contribution in [2.24, 2.45) is 0 Å². The van der Waals surface area contributed by atoms with E-state index in [0.717, 1.165) is 34.3 Å². The number of carbonyl (C=O) groups is 1. The number of anilines is 1. The predicted octanol–water partition coefficient (Wildman–Crippen LogP) is 3.65. The van der Waals surface area contributed by atoms with E-state index in [1.165, 1.54) is 0 Å². The molecular formula is C16H17BrN2O2. The zero-order chi connectivity index (χ0) is 14.8. The van der Waals surface area contributed by atoms with E-state index in [-0.39, 0.29) is 18.0 Å². The molecule has 5 heteroatoms. The molecule has 3 rings (SSSR count). The third-order valence-corrected chi connectivity index (χ3v) is 4.41. The van der Waals surface area contributed by atoms with Crippen LogP contribution in [-0.2, 0) is 11.2 Å². The third-order valence-electron chi connectivity index (χ3n) is 3.72. The Morgan fingerprint density at radius 3 is 3.00 bits per heavy atom. The molecular weight excluding hydrogens is 332 g/mol. The summed E-state index contributed by atoms with van der Waals surface area (Å²) in [5.41, 5.74) is 1.87. The van der Waals surface area contributed by atoms with E-state index in [4.69, 9.17) is 4.42 Å². The molecule has 4 nitrogen and oxygen atoms in total. The van der Waals surface area contributed by atoms with Crippen LogP contribution in [0.2, 0.25) is 0 Å². The maximum Gasteiger partial charge on any atom is 0.246 e. The van der Waals surface area contributed by atoms with E-state index in [2.05, 4.69) is 33.5 Å². The molecule has 0 bridgehead atoms. The van der Waals surface area contributed by atoms with Gasteiger partial charge in [-0.2, -0.15) is 0 Å². The van der Waals surface area contributed by atoms with Gasteiger partial charge in [-0.05, 0) is 37.6 Å². The molecule has 2 atom stereocenters. The summed E-state index contributed by atoms with van der Waals surface area (Å²) >= 11 is 3.53. The zero-order valence-electron chi connectivity index (χ0n) is 11.7. The number of aryl methyl sites for hydroxylation is 1. The molecule has 0 aliphatic carbocycles. The van der Waals surface area contributed by atoms with Gasteiger partial charge < -0.3 is 9.73 Å². The van der Waals surface area contributed by atoms with Gasteiger partial charge in [0.05, 0.1) is 6.26 Å². The van der Waals surface area contributed by atoms with E-state index >= 15 is 0 Å². The molecule has 1 aromatic carbocycles. The van der Waals surface area contributed by atoms with Crippen LogP contribution in [0.15, 0.2) is 45.5 Å². The molecule has 0 fully saturated rings. The minimum atomic E-state index is -0.304. The molecule has 110 valence electrons. The van der Waals surface area contributed by atoms with Gasteiger partial charge in [0.25, 0.3) is 0 Å². The Hall–Kier alpha value is -1.59. The Bertz CT molecular complexity index is 640. The molecule has 1 aromatic heterocycles. The van der Waals surface area contributed by atoms with E-state index in [0.29, 0.717) is 0 Å². The number of hydrogen-bond acceptors (Lipinski definition) is 3. The van der Waals surface area contributed by atoms with Gasteiger partial charge in [0.1, 0.15) is 11.8 Å². The van der Waals surface area contributed by atoms with E-state index < -0.39 is 0 Å². The monoisotopic (exact) mass is 348 g/mol. The van der Waals surface area contributed by atoms with Crippen molar-refractivity contribution in [2.75, 3.05) is 5.32 Å². The second kappa shape index (κ2) is 6.03. The maximum absolute atomic E-state index is 12.1. The van der Waals surface area contributed by atoms with Crippen LogP contribution in [0, 0.1) is 0 Å². The SMILES string of the molecule is CC(CCc1ccco1)NC1C(=O)Nc2cccc(Br)c21. The molecule has 2 aromatic rings. The summed E-state index contributed by atoms with van der Waals surface area (Å²) in [7, 11) is 0. The van der Waals surface area contributed by atoms with Crippen LogP contribution < -0.4 is 10.6 Å². The average molecular weight is 349 g/mol. The molecule has 2 N–H and O–H groups in total. The lowest BCUT2D eigenvalue weighted by atomic mass is 10.1. The lowest BCUT2D eigenvalue weighted by molar-refractivity contribution is -0.117. The number of hydrogen-bond donors (Lipinski definition) is 2. The van der Waals surface area contributed by atoms with E-state index in [1.54, 1.807) is 6.26 Å². The van der Waals surface area contributed by atoms with Crippen LogP contribution in [0.1, 0.15) is 30.7 Å². The molecule has 0 spiro atoms. The van der Waals surface area contributed by atoms with Crippen molar-refractivity contribution < 1.29 is 9.21 Å². The lowest BCUT2D eigenvalue weighted by Gasteiger charge is -2.18. The summed E-state index contributed by atoms with van der Waals surface area (Å²) in [6, 6.07) is 9.58. The van der Waals surface area contributed by atoms with Gasteiger partial charge >= 0.3 is 0 Å². The van der Waals surface area contributed by atoms with Crippen LogP contribution in [0.5, 0.6) is 0 Å².